The van der Waals surface area contributed by atoms with Crippen LogP contribution < -0.4 is 0 Å². The minimum atomic E-state index is -0.391. The minimum Gasteiger partial charge on any atom is -0.466 e. The lowest BCUT2D eigenvalue weighted by Gasteiger charge is -2.34. The maximum absolute atomic E-state index is 11.9. The molecule has 1 aliphatic heterocycles. The number of esters is 2. The number of carbonyl (C=O) groups excluding carboxylic acids is 2. The van der Waals surface area contributed by atoms with Crippen LogP contribution in [0.4, 0.5) is 0 Å². The molecule has 0 radical (unpaired) electrons. The Bertz CT molecular complexity index is 802. The lowest BCUT2D eigenvalue weighted by molar-refractivity contribution is -0.145. The molecule has 150 valence electrons. The van der Waals surface area contributed by atoms with Gasteiger partial charge in [-0.3, -0.25) is 9.69 Å². The zero-order chi connectivity index (χ0) is 19.9. The predicted octanol–water partition coefficient (Wildman–Crippen LogP) is 2.83. The van der Waals surface area contributed by atoms with Crippen molar-refractivity contribution in [3.05, 3.63) is 35.7 Å². The average Bonchev–Trinajstić information content (AvgIpc) is 3.18. The molecule has 0 unspecified atom stereocenters. The van der Waals surface area contributed by atoms with Gasteiger partial charge in [0.2, 0.25) is 11.7 Å². The Morgan fingerprint density at radius 1 is 1.25 bits per heavy atom. The lowest BCUT2D eigenvalue weighted by atomic mass is 9.99. The molecule has 1 aromatic carbocycles. The van der Waals surface area contributed by atoms with Gasteiger partial charge in [0, 0.05) is 11.6 Å². The van der Waals surface area contributed by atoms with Crippen molar-refractivity contribution < 1.29 is 23.6 Å². The second-order valence-corrected chi connectivity index (χ2v) is 6.71. The summed E-state index contributed by atoms with van der Waals surface area (Å²) in [6, 6.07) is 6.97. The molecule has 0 saturated carbocycles. The first-order chi connectivity index (χ1) is 13.6. The van der Waals surface area contributed by atoms with E-state index in [1.54, 1.807) is 24.3 Å². The summed E-state index contributed by atoms with van der Waals surface area (Å²) in [6.45, 7) is 3.59. The molecule has 1 aromatic heterocycles. The Morgan fingerprint density at radius 3 is 2.75 bits per heavy atom. The predicted molar refractivity (Wildman–Crippen MR) is 100 cm³/mol. The number of hydrogen-bond donors (Lipinski definition) is 0. The third kappa shape index (κ3) is 4.95. The van der Waals surface area contributed by atoms with E-state index in [1.165, 1.54) is 7.11 Å². The van der Waals surface area contributed by atoms with Gasteiger partial charge in [-0.2, -0.15) is 4.98 Å². The van der Waals surface area contributed by atoms with Gasteiger partial charge in [-0.05, 0) is 38.4 Å². The number of piperidine rings is 1. The molecule has 1 aliphatic rings. The third-order valence-electron chi connectivity index (χ3n) is 4.83. The standard InChI is InChI=1S/C20H25N3O5/c1-3-27-18(24)12-16-6-4-5-11-23(16)13-17-21-19(22-28-17)14-7-9-15(10-8-14)20(25)26-2/h7-10,16H,3-6,11-13H2,1-2H3/t16-/m0/s1. The summed E-state index contributed by atoms with van der Waals surface area (Å²) in [5, 5.41) is 4.04. The normalized spacial score (nSPS) is 17.3. The first-order valence-electron chi connectivity index (χ1n) is 9.51. The van der Waals surface area contributed by atoms with E-state index in [2.05, 4.69) is 15.0 Å². The SMILES string of the molecule is CCOC(=O)C[C@@H]1CCCCN1Cc1nc(-c2ccc(C(=O)OC)cc2)no1. The molecule has 28 heavy (non-hydrogen) atoms. The fourth-order valence-corrected chi connectivity index (χ4v) is 3.39. The molecule has 0 N–H and O–H groups in total. The second kappa shape index (κ2) is 9.45. The molecule has 1 fully saturated rings. The summed E-state index contributed by atoms with van der Waals surface area (Å²) < 4.78 is 15.2. The van der Waals surface area contributed by atoms with Crippen molar-refractivity contribution in [3.63, 3.8) is 0 Å². The van der Waals surface area contributed by atoms with Gasteiger partial charge in [-0.25, -0.2) is 4.79 Å². The van der Waals surface area contributed by atoms with Crippen LogP contribution in [-0.2, 0) is 20.8 Å². The molecule has 8 heteroatoms. The second-order valence-electron chi connectivity index (χ2n) is 6.71. The number of rotatable bonds is 7. The van der Waals surface area contributed by atoms with Crippen LogP contribution in [0.15, 0.2) is 28.8 Å². The maximum atomic E-state index is 11.9. The Morgan fingerprint density at radius 2 is 2.04 bits per heavy atom. The number of methoxy groups -OCH3 is 1. The van der Waals surface area contributed by atoms with Crippen LogP contribution in [-0.4, -0.2) is 53.3 Å². The van der Waals surface area contributed by atoms with Gasteiger partial charge < -0.3 is 14.0 Å². The van der Waals surface area contributed by atoms with Crippen LogP contribution in [0.3, 0.4) is 0 Å². The molecule has 0 amide bonds. The molecule has 8 nitrogen and oxygen atoms in total. The largest absolute Gasteiger partial charge is 0.466 e. The summed E-state index contributed by atoms with van der Waals surface area (Å²) in [4.78, 5) is 30.1. The zero-order valence-corrected chi connectivity index (χ0v) is 16.2. The van der Waals surface area contributed by atoms with Gasteiger partial charge in [0.15, 0.2) is 0 Å². The molecule has 0 bridgehead atoms. The van der Waals surface area contributed by atoms with Crippen LogP contribution in [0.25, 0.3) is 11.4 Å². The maximum Gasteiger partial charge on any atom is 0.337 e. The van der Waals surface area contributed by atoms with Gasteiger partial charge in [0.05, 0.1) is 32.2 Å². The van der Waals surface area contributed by atoms with E-state index >= 15 is 0 Å². The topological polar surface area (TPSA) is 94.8 Å². The number of likely N-dealkylation sites (tertiary alicyclic amines) is 1. The molecule has 0 aliphatic carbocycles. The highest BCUT2D eigenvalue weighted by atomic mass is 16.5. The summed E-state index contributed by atoms with van der Waals surface area (Å²) in [5.74, 6) is 0.405. The van der Waals surface area contributed by atoms with E-state index in [9.17, 15) is 9.59 Å². The van der Waals surface area contributed by atoms with Crippen LogP contribution in [0.1, 0.15) is 48.9 Å². The van der Waals surface area contributed by atoms with Crippen molar-refractivity contribution in [2.75, 3.05) is 20.3 Å². The van der Waals surface area contributed by atoms with Crippen LogP contribution in [0.5, 0.6) is 0 Å². The van der Waals surface area contributed by atoms with Crippen LogP contribution >= 0.6 is 0 Å². The Hall–Kier alpha value is -2.74. The molecule has 0 spiro atoms. The van der Waals surface area contributed by atoms with Gasteiger partial charge in [-0.1, -0.05) is 23.7 Å². The Kier molecular flexibility index (Phi) is 6.76. The number of nitrogens with zero attached hydrogens (tertiary/aromatic N) is 3. The number of aromatic nitrogens is 2. The quantitative estimate of drug-likeness (QED) is 0.670. The molecule has 1 saturated heterocycles. The molecular formula is C20H25N3O5. The Labute approximate surface area is 163 Å². The molecule has 2 heterocycles. The summed E-state index contributed by atoms with van der Waals surface area (Å²) >= 11 is 0. The smallest absolute Gasteiger partial charge is 0.337 e. The monoisotopic (exact) mass is 387 g/mol. The van der Waals surface area contributed by atoms with E-state index in [-0.39, 0.29) is 12.0 Å². The highest BCUT2D eigenvalue weighted by molar-refractivity contribution is 5.89. The molecule has 2 aromatic rings. The van der Waals surface area contributed by atoms with E-state index < -0.39 is 5.97 Å². The first-order valence-corrected chi connectivity index (χ1v) is 9.51. The van der Waals surface area contributed by atoms with Gasteiger partial charge in [0.25, 0.3) is 0 Å². The van der Waals surface area contributed by atoms with Crippen LogP contribution in [0.2, 0.25) is 0 Å². The average molecular weight is 387 g/mol. The lowest BCUT2D eigenvalue weighted by Crippen LogP contribution is -2.40. The van der Waals surface area contributed by atoms with Gasteiger partial charge in [-0.15, -0.1) is 0 Å². The van der Waals surface area contributed by atoms with Gasteiger partial charge >= 0.3 is 11.9 Å². The molecule has 3 rings (SSSR count). The summed E-state index contributed by atoms with van der Waals surface area (Å²) in [6.07, 6.45) is 3.51. The molecular weight excluding hydrogens is 362 g/mol. The van der Waals surface area contributed by atoms with E-state index in [1.807, 2.05) is 6.92 Å². The summed E-state index contributed by atoms with van der Waals surface area (Å²) in [5.41, 5.74) is 1.22. The first kappa shape index (κ1) is 20.0. The van der Waals surface area contributed by atoms with Crippen molar-refractivity contribution in [1.82, 2.24) is 15.0 Å². The van der Waals surface area contributed by atoms with E-state index in [4.69, 9.17) is 14.0 Å². The van der Waals surface area contributed by atoms with E-state index in [0.717, 1.165) is 31.4 Å². The molecule has 1 atom stereocenters. The van der Waals surface area contributed by atoms with Crippen molar-refractivity contribution in [3.8, 4) is 11.4 Å². The minimum absolute atomic E-state index is 0.127. The van der Waals surface area contributed by atoms with Crippen molar-refractivity contribution in [2.24, 2.45) is 0 Å². The number of hydrogen-bond acceptors (Lipinski definition) is 8. The summed E-state index contributed by atoms with van der Waals surface area (Å²) in [7, 11) is 1.34. The highest BCUT2D eigenvalue weighted by Gasteiger charge is 2.27. The fourth-order valence-electron chi connectivity index (χ4n) is 3.39. The third-order valence-corrected chi connectivity index (χ3v) is 4.83. The van der Waals surface area contributed by atoms with Gasteiger partial charge in [0.1, 0.15) is 0 Å². The number of carbonyl (C=O) groups is 2. The fraction of sp³-hybridized carbons (Fsp3) is 0.500. The van der Waals surface area contributed by atoms with Crippen LogP contribution in [0, 0.1) is 0 Å². The Balaban J connectivity index is 1.65. The van der Waals surface area contributed by atoms with Crippen molar-refractivity contribution >= 4 is 11.9 Å². The van der Waals surface area contributed by atoms with Crippen molar-refractivity contribution in [2.45, 2.75) is 45.2 Å². The number of benzene rings is 1. The van der Waals surface area contributed by atoms with E-state index in [0.29, 0.717) is 36.9 Å². The zero-order valence-electron chi connectivity index (χ0n) is 16.2. The highest BCUT2D eigenvalue weighted by Crippen LogP contribution is 2.23. The number of ether oxygens (including phenoxy) is 2. The van der Waals surface area contributed by atoms with Crippen molar-refractivity contribution in [1.29, 1.82) is 0 Å².